The predicted molar refractivity (Wildman–Crippen MR) is 79.5 cm³/mol. The quantitative estimate of drug-likeness (QED) is 0.698. The van der Waals surface area contributed by atoms with Gasteiger partial charge < -0.3 is 15.6 Å². The van der Waals surface area contributed by atoms with Crippen LogP contribution in [0.2, 0.25) is 0 Å². The number of ether oxygens (including phenoxy) is 1. The fourth-order valence-electron chi connectivity index (χ4n) is 1.36. The summed E-state index contributed by atoms with van der Waals surface area (Å²) in [5.74, 6) is -0.386. The van der Waals surface area contributed by atoms with Crippen LogP contribution in [-0.2, 0) is 16.0 Å². The second-order valence-corrected chi connectivity index (χ2v) is 6.05. The molecule has 0 spiro atoms. The number of phenolic OH excluding ortho intramolecular Hbond substituents is 1. The molecule has 18 heavy (non-hydrogen) atoms. The van der Waals surface area contributed by atoms with Crippen LogP contribution in [-0.4, -0.2) is 23.7 Å². The molecule has 0 heterocycles. The first-order chi connectivity index (χ1) is 8.38. The number of hydrogen-bond acceptors (Lipinski definition) is 4. The molecule has 0 saturated heterocycles. The summed E-state index contributed by atoms with van der Waals surface area (Å²) in [5, 5.41) is 9.79. The first-order valence-electron chi connectivity index (χ1n) is 5.16. The lowest BCUT2D eigenvalue weighted by Gasteiger charge is -2.14. The lowest BCUT2D eigenvalue weighted by atomic mass is 10.1. The summed E-state index contributed by atoms with van der Waals surface area (Å²) in [6, 6.07) is 0.936. The highest BCUT2D eigenvalue weighted by molar-refractivity contribution is 9.11. The zero-order chi connectivity index (χ0) is 13.9. The molecule has 1 unspecified atom stereocenters. The number of aromatic hydroxyl groups is 1. The largest absolute Gasteiger partial charge is 0.506 e. The van der Waals surface area contributed by atoms with Gasteiger partial charge in [0, 0.05) is 10.9 Å². The van der Waals surface area contributed by atoms with Crippen molar-refractivity contribution in [3.63, 3.8) is 0 Å². The summed E-state index contributed by atoms with van der Waals surface area (Å²) in [5.41, 5.74) is 6.47. The van der Waals surface area contributed by atoms with Crippen molar-refractivity contribution in [3.05, 3.63) is 25.0 Å². The van der Waals surface area contributed by atoms with E-state index in [2.05, 4.69) is 47.8 Å². The normalized spacial score (nSPS) is 12.3. The van der Waals surface area contributed by atoms with E-state index in [9.17, 15) is 9.90 Å². The molecule has 3 N–H and O–H groups in total. The van der Waals surface area contributed by atoms with Crippen LogP contribution in [0.25, 0.3) is 0 Å². The second-order valence-electron chi connectivity index (χ2n) is 3.54. The second kappa shape index (κ2) is 6.88. The lowest BCUT2D eigenvalue weighted by molar-refractivity contribution is -0.144. The highest BCUT2D eigenvalue weighted by Gasteiger charge is 2.20. The zero-order valence-electron chi connectivity index (χ0n) is 9.54. The van der Waals surface area contributed by atoms with Crippen LogP contribution >= 0.6 is 47.8 Å². The van der Waals surface area contributed by atoms with Crippen molar-refractivity contribution >= 4 is 53.8 Å². The van der Waals surface area contributed by atoms with Crippen LogP contribution in [0.1, 0.15) is 12.5 Å². The predicted octanol–water partition coefficient (Wildman–Crippen LogP) is 3.11. The number of halogens is 3. The van der Waals surface area contributed by atoms with Gasteiger partial charge in [-0.15, -0.1) is 0 Å². The van der Waals surface area contributed by atoms with Crippen LogP contribution in [0, 0.1) is 0 Å². The van der Waals surface area contributed by atoms with Gasteiger partial charge >= 0.3 is 5.97 Å². The molecular weight excluding hydrogens is 434 g/mol. The minimum atomic E-state index is -0.766. The fraction of sp³-hybridized carbons (Fsp3) is 0.364. The molecule has 100 valence electrons. The molecule has 0 radical (unpaired) electrons. The third kappa shape index (κ3) is 3.69. The lowest BCUT2D eigenvalue weighted by Crippen LogP contribution is -2.34. The molecule has 0 amide bonds. The van der Waals surface area contributed by atoms with Crippen molar-refractivity contribution in [1.29, 1.82) is 0 Å². The van der Waals surface area contributed by atoms with Gasteiger partial charge in [0.25, 0.3) is 0 Å². The maximum atomic E-state index is 11.5. The number of carbonyl (C=O) groups excluding carboxylic acids is 1. The van der Waals surface area contributed by atoms with Gasteiger partial charge in [0.1, 0.15) is 11.8 Å². The molecule has 0 aliphatic heterocycles. The van der Waals surface area contributed by atoms with Crippen molar-refractivity contribution in [2.45, 2.75) is 19.4 Å². The monoisotopic (exact) mass is 443 g/mol. The number of benzene rings is 1. The van der Waals surface area contributed by atoms with Crippen molar-refractivity contribution in [1.82, 2.24) is 0 Å². The molecule has 4 nitrogen and oxygen atoms in total. The Labute approximate surface area is 130 Å². The smallest absolute Gasteiger partial charge is 0.323 e. The summed E-state index contributed by atoms with van der Waals surface area (Å²) in [6.45, 7) is 2.02. The first-order valence-corrected chi connectivity index (χ1v) is 7.53. The van der Waals surface area contributed by atoms with Crippen LogP contribution in [0.5, 0.6) is 5.75 Å². The number of rotatable bonds is 4. The number of nitrogens with two attached hydrogens (primary N) is 1. The first kappa shape index (κ1) is 15.9. The number of hydrogen-bond donors (Lipinski definition) is 2. The molecule has 1 aromatic carbocycles. The Bertz CT molecular complexity index is 465. The van der Waals surface area contributed by atoms with Gasteiger partial charge in [-0.3, -0.25) is 4.79 Å². The molecule has 0 aromatic heterocycles. The average molecular weight is 446 g/mol. The van der Waals surface area contributed by atoms with Crippen molar-refractivity contribution < 1.29 is 14.6 Å². The minimum Gasteiger partial charge on any atom is -0.506 e. The van der Waals surface area contributed by atoms with Crippen molar-refractivity contribution in [3.8, 4) is 5.75 Å². The summed E-state index contributed by atoms with van der Waals surface area (Å²) in [4.78, 5) is 11.5. The van der Waals surface area contributed by atoms with E-state index in [-0.39, 0.29) is 12.2 Å². The third-order valence-electron chi connectivity index (χ3n) is 2.25. The Kier molecular flexibility index (Phi) is 6.10. The standard InChI is InChI=1S/C11H12Br3NO3/c1-2-18-11(17)8(15)3-5-6(12)4-7(13)10(16)9(5)14/h4,8,16H,2-3,15H2,1H3. The van der Waals surface area contributed by atoms with Crippen molar-refractivity contribution in [2.24, 2.45) is 5.73 Å². The molecule has 0 fully saturated rings. The number of phenols is 1. The SMILES string of the molecule is CCOC(=O)C(N)Cc1c(Br)cc(Br)c(O)c1Br. The van der Waals surface area contributed by atoms with E-state index in [1.54, 1.807) is 13.0 Å². The van der Waals surface area contributed by atoms with E-state index in [4.69, 9.17) is 10.5 Å². The maximum Gasteiger partial charge on any atom is 0.323 e. The number of carbonyl (C=O) groups is 1. The van der Waals surface area contributed by atoms with Gasteiger partial charge in [-0.1, -0.05) is 15.9 Å². The Morgan fingerprint density at radius 2 is 2.06 bits per heavy atom. The van der Waals surface area contributed by atoms with Gasteiger partial charge in [0.05, 0.1) is 15.6 Å². The molecule has 0 aliphatic rings. The molecule has 0 bridgehead atoms. The van der Waals surface area contributed by atoms with E-state index in [1.807, 2.05) is 0 Å². The van der Waals surface area contributed by atoms with Gasteiger partial charge in [0.15, 0.2) is 0 Å². The third-order valence-corrected chi connectivity index (χ3v) is 4.42. The van der Waals surface area contributed by atoms with Crippen molar-refractivity contribution in [2.75, 3.05) is 6.61 Å². The van der Waals surface area contributed by atoms with Crippen LogP contribution in [0.4, 0.5) is 0 Å². The Balaban J connectivity index is 2.98. The van der Waals surface area contributed by atoms with E-state index < -0.39 is 12.0 Å². The minimum absolute atomic E-state index is 0.0734. The molecule has 0 aliphatic carbocycles. The summed E-state index contributed by atoms with van der Waals surface area (Å²) >= 11 is 9.87. The maximum absolute atomic E-state index is 11.5. The molecule has 0 saturated carbocycles. The average Bonchev–Trinajstić information content (AvgIpc) is 2.32. The summed E-state index contributed by atoms with van der Waals surface area (Å²) in [7, 11) is 0. The van der Waals surface area contributed by atoms with E-state index >= 15 is 0 Å². The molecular formula is C11H12Br3NO3. The Morgan fingerprint density at radius 1 is 1.44 bits per heavy atom. The van der Waals surface area contributed by atoms with Crippen LogP contribution in [0.3, 0.4) is 0 Å². The molecule has 1 aromatic rings. The van der Waals surface area contributed by atoms with E-state index in [0.29, 0.717) is 15.6 Å². The van der Waals surface area contributed by atoms with E-state index in [1.165, 1.54) is 0 Å². The Morgan fingerprint density at radius 3 is 2.61 bits per heavy atom. The van der Waals surface area contributed by atoms with E-state index in [0.717, 1.165) is 10.0 Å². The summed E-state index contributed by atoms with van der Waals surface area (Å²) in [6.07, 6.45) is 0.265. The van der Waals surface area contributed by atoms with Crippen LogP contribution in [0.15, 0.2) is 19.5 Å². The van der Waals surface area contributed by atoms with Gasteiger partial charge in [-0.25, -0.2) is 0 Å². The fourth-order valence-corrected chi connectivity index (χ4v) is 3.80. The molecule has 7 heteroatoms. The molecule has 1 atom stereocenters. The van der Waals surface area contributed by atoms with Crippen LogP contribution < -0.4 is 5.73 Å². The highest BCUT2D eigenvalue weighted by atomic mass is 79.9. The zero-order valence-corrected chi connectivity index (χ0v) is 14.3. The van der Waals surface area contributed by atoms with Gasteiger partial charge in [0.2, 0.25) is 0 Å². The number of esters is 1. The summed E-state index contributed by atoms with van der Waals surface area (Å²) < 4.78 is 6.65. The highest BCUT2D eigenvalue weighted by Crippen LogP contribution is 2.39. The van der Waals surface area contributed by atoms with Gasteiger partial charge in [-0.05, 0) is 50.4 Å². The Hall–Kier alpha value is -0.110. The topological polar surface area (TPSA) is 72.5 Å². The molecule has 1 rings (SSSR count). The van der Waals surface area contributed by atoms with Gasteiger partial charge in [-0.2, -0.15) is 0 Å².